The van der Waals surface area contributed by atoms with Crippen LogP contribution in [0.3, 0.4) is 0 Å². The van der Waals surface area contributed by atoms with Crippen LogP contribution >= 0.6 is 34.8 Å². The van der Waals surface area contributed by atoms with E-state index in [-0.39, 0.29) is 5.91 Å². The van der Waals surface area contributed by atoms with Crippen LogP contribution in [-0.4, -0.2) is 42.0 Å². The Morgan fingerprint density at radius 3 is 2.35 bits per heavy atom. The van der Waals surface area contributed by atoms with Crippen LogP contribution in [0.2, 0.25) is 15.1 Å². The lowest BCUT2D eigenvalue weighted by Crippen LogP contribution is -2.49. The van der Waals surface area contributed by atoms with Crippen molar-refractivity contribution in [3.8, 4) is 0 Å². The Balaban J connectivity index is 1.51. The number of anilines is 1. The van der Waals surface area contributed by atoms with Gasteiger partial charge in [-0.1, -0.05) is 46.9 Å². The van der Waals surface area contributed by atoms with E-state index in [1.165, 1.54) is 0 Å². The van der Waals surface area contributed by atoms with Crippen LogP contribution < -0.4 is 4.90 Å². The highest BCUT2D eigenvalue weighted by atomic mass is 35.5. The number of aromatic amines is 1. The van der Waals surface area contributed by atoms with Gasteiger partial charge in [0.05, 0.1) is 21.3 Å². The van der Waals surface area contributed by atoms with Gasteiger partial charge in [-0.2, -0.15) is 0 Å². The minimum atomic E-state index is 0.0171. The van der Waals surface area contributed by atoms with Crippen molar-refractivity contribution in [1.29, 1.82) is 0 Å². The number of nitrogens with one attached hydrogen (secondary N) is 1. The summed E-state index contributed by atoms with van der Waals surface area (Å²) in [6.07, 6.45) is 1.75. The maximum absolute atomic E-state index is 12.9. The van der Waals surface area contributed by atoms with Crippen LogP contribution in [0.15, 0.2) is 42.6 Å². The Hall–Kier alpha value is -1.88. The summed E-state index contributed by atoms with van der Waals surface area (Å²) in [7, 11) is 0. The van der Waals surface area contributed by atoms with Crippen molar-refractivity contribution in [1.82, 2.24) is 9.88 Å². The first kappa shape index (κ1) is 17.5. The van der Waals surface area contributed by atoms with Gasteiger partial charge in [-0.3, -0.25) is 4.79 Å². The van der Waals surface area contributed by atoms with Gasteiger partial charge < -0.3 is 14.8 Å². The summed E-state index contributed by atoms with van der Waals surface area (Å²) in [4.78, 5) is 20.0. The molecule has 1 fully saturated rings. The maximum Gasteiger partial charge on any atom is 0.256 e. The van der Waals surface area contributed by atoms with Crippen LogP contribution in [0, 0.1) is 0 Å². The zero-order valence-electron chi connectivity index (χ0n) is 13.8. The topological polar surface area (TPSA) is 39.3 Å². The molecule has 1 aliphatic heterocycles. The standard InChI is InChI=1S/C19H16Cl3N3O/c20-12-4-5-13-14(11-23-17(13)10-12)19(26)25-8-6-24(7-9-25)18-15(21)2-1-3-16(18)22/h1-5,10-11,23H,6-9H2. The van der Waals surface area contributed by atoms with Gasteiger partial charge in [-0.15, -0.1) is 0 Å². The molecule has 7 heteroatoms. The van der Waals surface area contributed by atoms with Crippen molar-refractivity contribution in [2.24, 2.45) is 0 Å². The average Bonchev–Trinajstić information content (AvgIpc) is 3.04. The molecule has 0 saturated carbocycles. The van der Waals surface area contributed by atoms with Gasteiger partial charge >= 0.3 is 0 Å². The van der Waals surface area contributed by atoms with E-state index in [9.17, 15) is 4.79 Å². The number of piperazine rings is 1. The molecule has 0 aliphatic carbocycles. The zero-order chi connectivity index (χ0) is 18.3. The van der Waals surface area contributed by atoms with E-state index < -0.39 is 0 Å². The summed E-state index contributed by atoms with van der Waals surface area (Å²) in [6.45, 7) is 2.59. The van der Waals surface area contributed by atoms with E-state index in [1.807, 2.05) is 35.2 Å². The van der Waals surface area contributed by atoms with Crippen molar-refractivity contribution in [3.63, 3.8) is 0 Å². The van der Waals surface area contributed by atoms with Crippen molar-refractivity contribution in [3.05, 3.63) is 63.2 Å². The molecule has 2 heterocycles. The summed E-state index contributed by atoms with van der Waals surface area (Å²) in [6, 6.07) is 11.0. The number of carbonyl (C=O) groups is 1. The lowest BCUT2D eigenvalue weighted by molar-refractivity contribution is 0.0749. The molecule has 1 N–H and O–H groups in total. The first-order valence-electron chi connectivity index (χ1n) is 8.29. The van der Waals surface area contributed by atoms with Crippen molar-refractivity contribution >= 4 is 57.3 Å². The summed E-state index contributed by atoms with van der Waals surface area (Å²) < 4.78 is 0. The van der Waals surface area contributed by atoms with Crippen LogP contribution in [-0.2, 0) is 0 Å². The number of hydrogen-bond acceptors (Lipinski definition) is 2. The van der Waals surface area contributed by atoms with E-state index >= 15 is 0 Å². The first-order chi connectivity index (χ1) is 12.5. The molecule has 0 spiro atoms. The minimum absolute atomic E-state index is 0.0171. The predicted molar refractivity (Wildman–Crippen MR) is 108 cm³/mol. The van der Waals surface area contributed by atoms with E-state index in [1.54, 1.807) is 12.3 Å². The molecule has 0 radical (unpaired) electrons. The summed E-state index contributed by atoms with van der Waals surface area (Å²) >= 11 is 18.6. The number of fused-ring (bicyclic) bond motifs is 1. The predicted octanol–water partition coefficient (Wildman–Crippen LogP) is 5.09. The number of benzene rings is 2. The molecular weight excluding hydrogens is 393 g/mol. The maximum atomic E-state index is 12.9. The molecule has 0 atom stereocenters. The normalized spacial score (nSPS) is 14.9. The highest BCUT2D eigenvalue weighted by molar-refractivity contribution is 6.39. The first-order valence-corrected chi connectivity index (χ1v) is 9.43. The molecule has 1 aromatic heterocycles. The fraction of sp³-hybridized carbons (Fsp3) is 0.211. The lowest BCUT2D eigenvalue weighted by Gasteiger charge is -2.36. The quantitative estimate of drug-likeness (QED) is 0.641. The van der Waals surface area contributed by atoms with Gasteiger partial charge in [-0.25, -0.2) is 0 Å². The van der Waals surface area contributed by atoms with Crippen molar-refractivity contribution in [2.75, 3.05) is 31.1 Å². The third kappa shape index (κ3) is 3.13. The van der Waals surface area contributed by atoms with Gasteiger partial charge in [0, 0.05) is 48.3 Å². The minimum Gasteiger partial charge on any atom is -0.366 e. The lowest BCUT2D eigenvalue weighted by atomic mass is 10.1. The van der Waals surface area contributed by atoms with Gasteiger partial charge in [0.2, 0.25) is 0 Å². The molecule has 3 aromatic rings. The third-order valence-corrected chi connectivity index (χ3v) is 5.54. The second-order valence-electron chi connectivity index (χ2n) is 6.24. The van der Waals surface area contributed by atoms with Crippen LogP contribution in [0.4, 0.5) is 5.69 Å². The Kier molecular flexibility index (Phi) is 4.74. The van der Waals surface area contributed by atoms with Gasteiger partial charge in [0.1, 0.15) is 0 Å². The van der Waals surface area contributed by atoms with Gasteiger partial charge in [-0.05, 0) is 24.3 Å². The Morgan fingerprint density at radius 2 is 1.65 bits per heavy atom. The number of carbonyl (C=O) groups excluding carboxylic acids is 1. The SMILES string of the molecule is O=C(c1c[nH]c2cc(Cl)ccc12)N1CCN(c2c(Cl)cccc2Cl)CC1. The molecule has 4 rings (SSSR count). The molecular formula is C19H16Cl3N3O. The fourth-order valence-electron chi connectivity index (χ4n) is 3.37. The molecule has 1 aliphatic rings. The molecule has 26 heavy (non-hydrogen) atoms. The van der Waals surface area contributed by atoms with Crippen LogP contribution in [0.25, 0.3) is 10.9 Å². The Bertz CT molecular complexity index is 957. The summed E-state index contributed by atoms with van der Waals surface area (Å²) in [5.41, 5.74) is 2.37. The number of amides is 1. The highest BCUT2D eigenvalue weighted by Crippen LogP contribution is 2.34. The van der Waals surface area contributed by atoms with E-state index in [2.05, 4.69) is 9.88 Å². The monoisotopic (exact) mass is 407 g/mol. The van der Waals surface area contributed by atoms with Gasteiger partial charge in [0.15, 0.2) is 0 Å². The molecule has 0 bridgehead atoms. The van der Waals surface area contributed by atoms with E-state index in [0.717, 1.165) is 16.6 Å². The number of H-pyrrole nitrogens is 1. The van der Waals surface area contributed by atoms with Crippen molar-refractivity contribution < 1.29 is 4.79 Å². The second-order valence-corrected chi connectivity index (χ2v) is 7.49. The Morgan fingerprint density at radius 1 is 0.962 bits per heavy atom. The molecule has 1 amide bonds. The smallest absolute Gasteiger partial charge is 0.256 e. The number of hydrogen-bond donors (Lipinski definition) is 1. The summed E-state index contributed by atoms with van der Waals surface area (Å²) in [5.74, 6) is 0.0171. The number of aromatic nitrogens is 1. The van der Waals surface area contributed by atoms with Gasteiger partial charge in [0.25, 0.3) is 5.91 Å². The van der Waals surface area contributed by atoms with Crippen LogP contribution in [0.1, 0.15) is 10.4 Å². The Labute approximate surface area is 166 Å². The molecule has 1 saturated heterocycles. The fourth-order valence-corrected chi connectivity index (χ4v) is 4.18. The zero-order valence-corrected chi connectivity index (χ0v) is 16.1. The van der Waals surface area contributed by atoms with E-state index in [0.29, 0.717) is 46.8 Å². The number of nitrogens with zero attached hydrogens (tertiary/aromatic N) is 2. The molecule has 0 unspecified atom stereocenters. The second kappa shape index (κ2) is 7.03. The molecule has 4 nitrogen and oxygen atoms in total. The number of halogens is 3. The molecule has 134 valence electrons. The molecule has 2 aromatic carbocycles. The largest absolute Gasteiger partial charge is 0.366 e. The number of rotatable bonds is 2. The number of para-hydroxylation sites is 1. The highest BCUT2D eigenvalue weighted by Gasteiger charge is 2.25. The van der Waals surface area contributed by atoms with Crippen LogP contribution in [0.5, 0.6) is 0 Å². The third-order valence-electron chi connectivity index (χ3n) is 4.69. The van der Waals surface area contributed by atoms with Crippen molar-refractivity contribution in [2.45, 2.75) is 0 Å². The summed E-state index contributed by atoms with van der Waals surface area (Å²) in [5, 5.41) is 2.79. The van der Waals surface area contributed by atoms with E-state index in [4.69, 9.17) is 34.8 Å². The average molecular weight is 409 g/mol.